The molecule has 0 aliphatic carbocycles. The summed E-state index contributed by atoms with van der Waals surface area (Å²) in [5.74, 6) is -0.452. The highest BCUT2D eigenvalue weighted by Crippen LogP contribution is 2.43. The number of aliphatic hydroxyl groups is 2. The number of urea groups is 1. The molecule has 2 amide bonds. The Bertz CT molecular complexity index is 1810. The summed E-state index contributed by atoms with van der Waals surface area (Å²) in [6.07, 6.45) is 0.246. The average Bonchev–Trinajstić information content (AvgIpc) is 3.18. The summed E-state index contributed by atoms with van der Waals surface area (Å²) in [6, 6.07) is 31.0. The quantitative estimate of drug-likeness (QED) is 0.119. The second kappa shape index (κ2) is 17.7. The first-order valence-corrected chi connectivity index (χ1v) is 18.6. The standard InChI is InChI=1S/C42H48ClN3O7/c1-3-51-38(48)25-45-41(49)44-24-30-5-4-6-34(23-30)31-11-13-33(14-12-31)40-52-37(28(2)39(53-40)32-9-7-29(27-47)8-10-32)26-46-21-19-42(50,20-22-46)35-15-17-36(43)18-16-35/h4-18,23,28,37,39-40,47,50H,3,19-22,24-27H2,1-2H3,(H2,44,45,49)/t28-,37+,39+,40+/m1/s1. The van der Waals surface area contributed by atoms with Crippen LogP contribution in [0.25, 0.3) is 11.1 Å². The van der Waals surface area contributed by atoms with Crippen molar-refractivity contribution in [3.8, 4) is 11.1 Å². The van der Waals surface area contributed by atoms with Crippen LogP contribution in [0.3, 0.4) is 0 Å². The van der Waals surface area contributed by atoms with Gasteiger partial charge in [0.15, 0.2) is 6.29 Å². The third-order valence-corrected chi connectivity index (χ3v) is 10.5. The average molecular weight is 742 g/mol. The van der Waals surface area contributed by atoms with Crippen LogP contribution in [0.4, 0.5) is 4.79 Å². The molecule has 0 unspecified atom stereocenters. The van der Waals surface area contributed by atoms with Crippen molar-refractivity contribution in [1.82, 2.24) is 15.5 Å². The molecular weight excluding hydrogens is 694 g/mol. The number of amides is 2. The minimum absolute atomic E-state index is 0.0225. The van der Waals surface area contributed by atoms with Crippen molar-refractivity contribution in [3.63, 3.8) is 0 Å². The van der Waals surface area contributed by atoms with Crippen molar-refractivity contribution < 1.29 is 34.0 Å². The fourth-order valence-corrected chi connectivity index (χ4v) is 7.17. The highest BCUT2D eigenvalue weighted by Gasteiger charge is 2.41. The fraction of sp³-hybridized carbons (Fsp3) is 0.381. The van der Waals surface area contributed by atoms with Crippen molar-refractivity contribution in [1.29, 1.82) is 0 Å². The molecule has 2 saturated heterocycles. The van der Waals surface area contributed by atoms with Gasteiger partial charge in [0.05, 0.1) is 31.0 Å². The zero-order valence-electron chi connectivity index (χ0n) is 30.2. The predicted octanol–water partition coefficient (Wildman–Crippen LogP) is 6.64. The molecule has 6 rings (SSSR count). The summed E-state index contributed by atoms with van der Waals surface area (Å²) >= 11 is 6.10. The summed E-state index contributed by atoms with van der Waals surface area (Å²) < 4.78 is 18.3. The van der Waals surface area contributed by atoms with Crippen LogP contribution in [0.2, 0.25) is 5.02 Å². The highest BCUT2D eigenvalue weighted by molar-refractivity contribution is 6.30. The lowest BCUT2D eigenvalue weighted by molar-refractivity contribution is -0.277. The first kappa shape index (κ1) is 38.4. The van der Waals surface area contributed by atoms with Gasteiger partial charge in [0.25, 0.3) is 0 Å². The van der Waals surface area contributed by atoms with Gasteiger partial charge in [0.2, 0.25) is 0 Å². The molecule has 0 spiro atoms. The van der Waals surface area contributed by atoms with E-state index in [1.165, 1.54) is 0 Å². The number of rotatable bonds is 12. The number of nitrogens with zero attached hydrogens (tertiary/aromatic N) is 1. The number of carbonyl (C=O) groups excluding carboxylic acids is 2. The van der Waals surface area contributed by atoms with E-state index in [9.17, 15) is 19.8 Å². The second-order valence-corrected chi connectivity index (χ2v) is 14.3. The number of hydrogen-bond donors (Lipinski definition) is 4. The van der Waals surface area contributed by atoms with Crippen LogP contribution in [0.5, 0.6) is 0 Å². The summed E-state index contributed by atoms with van der Waals surface area (Å²) in [5, 5.41) is 27.1. The molecular formula is C42H48ClN3O7. The van der Waals surface area contributed by atoms with Crippen molar-refractivity contribution >= 4 is 23.6 Å². The Morgan fingerprint density at radius 2 is 1.58 bits per heavy atom. The summed E-state index contributed by atoms with van der Waals surface area (Å²) in [4.78, 5) is 26.1. The molecule has 4 aromatic carbocycles. The zero-order chi connectivity index (χ0) is 37.4. The second-order valence-electron chi connectivity index (χ2n) is 13.8. The Balaban J connectivity index is 1.13. The van der Waals surface area contributed by atoms with E-state index < -0.39 is 23.9 Å². The molecule has 4 atom stereocenters. The molecule has 2 heterocycles. The zero-order valence-corrected chi connectivity index (χ0v) is 30.9. The molecule has 2 fully saturated rings. The number of likely N-dealkylation sites (tertiary alicyclic amines) is 1. The van der Waals surface area contributed by atoms with Crippen LogP contribution in [0.15, 0.2) is 97.1 Å². The molecule has 0 radical (unpaired) electrons. The Morgan fingerprint density at radius 3 is 2.26 bits per heavy atom. The lowest BCUT2D eigenvalue weighted by atomic mass is 9.84. The summed E-state index contributed by atoms with van der Waals surface area (Å²) in [5.41, 5.74) is 5.68. The normalized spacial score (nSPS) is 21.5. The number of benzene rings is 4. The van der Waals surface area contributed by atoms with Gasteiger partial charge < -0.3 is 40.0 Å². The minimum atomic E-state index is -0.888. The number of ether oxygens (including phenoxy) is 3. The molecule has 4 N–H and O–H groups in total. The third kappa shape index (κ3) is 9.83. The van der Waals surface area contributed by atoms with E-state index in [1.807, 2.05) is 97.1 Å². The van der Waals surface area contributed by atoms with E-state index in [0.29, 0.717) is 31.0 Å². The number of hydrogen-bond acceptors (Lipinski definition) is 8. The maximum Gasteiger partial charge on any atom is 0.325 e. The van der Waals surface area contributed by atoms with Crippen LogP contribution < -0.4 is 10.6 Å². The number of aliphatic hydroxyl groups excluding tert-OH is 1. The van der Waals surface area contributed by atoms with Gasteiger partial charge in [-0.2, -0.15) is 0 Å². The molecule has 2 aliphatic rings. The van der Waals surface area contributed by atoms with Gasteiger partial charge in [-0.1, -0.05) is 97.4 Å². The van der Waals surface area contributed by atoms with Gasteiger partial charge in [-0.05, 0) is 71.3 Å². The first-order chi connectivity index (χ1) is 25.6. The van der Waals surface area contributed by atoms with Crippen LogP contribution in [0, 0.1) is 5.92 Å². The number of halogens is 1. The van der Waals surface area contributed by atoms with E-state index >= 15 is 0 Å². The van der Waals surface area contributed by atoms with Gasteiger partial charge in [-0.25, -0.2) is 4.79 Å². The SMILES string of the molecule is CCOC(=O)CNC(=O)NCc1cccc(-c2ccc([C@H]3O[C@@H](CN4CCC(O)(c5ccc(Cl)cc5)CC4)[C@@H](C)[C@@H](c4ccc(CO)cc4)O3)cc2)c1. The van der Waals surface area contributed by atoms with E-state index in [2.05, 4.69) is 22.5 Å². The van der Waals surface area contributed by atoms with Crippen LogP contribution >= 0.6 is 11.6 Å². The Kier molecular flexibility index (Phi) is 12.8. The van der Waals surface area contributed by atoms with Crippen molar-refractivity contribution in [3.05, 3.63) is 130 Å². The molecule has 2 aliphatic heterocycles. The molecule has 280 valence electrons. The maximum atomic E-state index is 12.2. The first-order valence-electron chi connectivity index (χ1n) is 18.2. The number of nitrogens with one attached hydrogen (secondary N) is 2. The van der Waals surface area contributed by atoms with Gasteiger partial charge in [-0.3, -0.25) is 4.79 Å². The van der Waals surface area contributed by atoms with Crippen LogP contribution in [0.1, 0.15) is 66.9 Å². The van der Waals surface area contributed by atoms with Gasteiger partial charge >= 0.3 is 12.0 Å². The number of carbonyl (C=O) groups is 2. The third-order valence-electron chi connectivity index (χ3n) is 10.2. The maximum absolute atomic E-state index is 12.2. The fourth-order valence-electron chi connectivity index (χ4n) is 7.04. The smallest absolute Gasteiger partial charge is 0.325 e. The van der Waals surface area contributed by atoms with Crippen LogP contribution in [-0.4, -0.2) is 66.0 Å². The van der Waals surface area contributed by atoms with E-state index in [4.69, 9.17) is 25.8 Å². The van der Waals surface area contributed by atoms with E-state index in [0.717, 1.165) is 52.0 Å². The molecule has 0 bridgehead atoms. The highest BCUT2D eigenvalue weighted by atomic mass is 35.5. The van der Waals surface area contributed by atoms with Crippen LogP contribution in [-0.2, 0) is 37.8 Å². The van der Waals surface area contributed by atoms with E-state index in [1.54, 1.807) is 6.92 Å². The molecule has 4 aromatic rings. The largest absolute Gasteiger partial charge is 0.465 e. The molecule has 0 saturated carbocycles. The molecule has 10 nitrogen and oxygen atoms in total. The molecule has 53 heavy (non-hydrogen) atoms. The van der Waals surface area contributed by atoms with Crippen molar-refractivity contribution in [2.45, 2.75) is 63.9 Å². The van der Waals surface area contributed by atoms with E-state index in [-0.39, 0.29) is 37.9 Å². The summed E-state index contributed by atoms with van der Waals surface area (Å²) in [6.45, 7) is 6.37. The lowest BCUT2D eigenvalue weighted by Gasteiger charge is -2.45. The predicted molar refractivity (Wildman–Crippen MR) is 203 cm³/mol. The van der Waals surface area contributed by atoms with Gasteiger partial charge in [-0.15, -0.1) is 0 Å². The number of piperidine rings is 1. The molecule has 0 aromatic heterocycles. The number of esters is 1. The van der Waals surface area contributed by atoms with Gasteiger partial charge in [0.1, 0.15) is 6.54 Å². The summed E-state index contributed by atoms with van der Waals surface area (Å²) in [7, 11) is 0. The Labute approximate surface area is 316 Å². The van der Waals surface area contributed by atoms with Gasteiger partial charge in [0, 0.05) is 42.7 Å². The van der Waals surface area contributed by atoms with Crippen molar-refractivity contribution in [2.75, 3.05) is 32.8 Å². The molecule has 11 heteroatoms. The topological polar surface area (TPSA) is 130 Å². The monoisotopic (exact) mass is 741 g/mol. The Morgan fingerprint density at radius 1 is 0.887 bits per heavy atom. The van der Waals surface area contributed by atoms with Crippen molar-refractivity contribution in [2.24, 2.45) is 5.92 Å². The Hall–Kier alpha value is -4.29. The minimum Gasteiger partial charge on any atom is -0.465 e. The lowest BCUT2D eigenvalue weighted by Crippen LogP contribution is -2.49.